The van der Waals surface area contributed by atoms with Gasteiger partial charge in [-0.05, 0) is 31.9 Å². The van der Waals surface area contributed by atoms with Crippen molar-refractivity contribution in [3.05, 3.63) is 24.0 Å². The van der Waals surface area contributed by atoms with Crippen LogP contribution in [0.1, 0.15) is 37.7 Å². The van der Waals surface area contributed by atoms with Gasteiger partial charge in [0.1, 0.15) is 5.82 Å². The van der Waals surface area contributed by atoms with Crippen LogP contribution in [-0.2, 0) is 9.84 Å². The fourth-order valence-electron chi connectivity index (χ4n) is 2.46. The van der Waals surface area contributed by atoms with Crippen molar-refractivity contribution >= 4 is 20.9 Å². The molecule has 1 fully saturated rings. The number of fused-ring (bicyclic) bond motifs is 1. The van der Waals surface area contributed by atoms with Crippen LogP contribution in [0.25, 0.3) is 11.0 Å². The van der Waals surface area contributed by atoms with Crippen LogP contribution in [-0.4, -0.2) is 24.2 Å². The van der Waals surface area contributed by atoms with Gasteiger partial charge in [-0.2, -0.15) is 0 Å². The quantitative estimate of drug-likeness (QED) is 0.929. The van der Waals surface area contributed by atoms with Crippen LogP contribution in [0.15, 0.2) is 23.1 Å². The Labute approximate surface area is 112 Å². The van der Waals surface area contributed by atoms with Gasteiger partial charge < -0.3 is 10.3 Å². The van der Waals surface area contributed by atoms with E-state index < -0.39 is 9.84 Å². The Bertz CT molecular complexity index is 743. The van der Waals surface area contributed by atoms with Gasteiger partial charge in [-0.25, -0.2) is 13.4 Å². The first-order valence-corrected chi connectivity index (χ1v) is 8.25. The van der Waals surface area contributed by atoms with Crippen LogP contribution in [0, 0.1) is 0 Å². The maximum absolute atomic E-state index is 11.9. The molecule has 5 nitrogen and oxygen atoms in total. The molecule has 0 aliphatic heterocycles. The average Bonchev–Trinajstić information content (AvgIpc) is 3.06. The molecule has 0 amide bonds. The molecule has 1 aliphatic carbocycles. The van der Waals surface area contributed by atoms with Gasteiger partial charge in [-0.1, -0.05) is 6.07 Å². The monoisotopic (exact) mass is 279 g/mol. The maximum atomic E-state index is 11.9. The standard InChI is InChI=1S/C13H17N3O2S/c1-8(14)13-15-10-4-3-5-11(19(2,17)18)12(10)16(13)9-6-7-9/h3-5,8-9H,6-7,14H2,1-2H3. The smallest absolute Gasteiger partial charge is 0.177 e. The lowest BCUT2D eigenvalue weighted by molar-refractivity contribution is 0.600. The highest BCUT2D eigenvalue weighted by molar-refractivity contribution is 7.91. The summed E-state index contributed by atoms with van der Waals surface area (Å²) in [6, 6.07) is 5.35. The minimum Gasteiger partial charge on any atom is -0.322 e. The molecule has 1 aromatic heterocycles. The van der Waals surface area contributed by atoms with Crippen molar-refractivity contribution < 1.29 is 8.42 Å². The third-order valence-electron chi connectivity index (χ3n) is 3.42. The predicted octanol–water partition coefficient (Wildman–Crippen LogP) is 1.79. The summed E-state index contributed by atoms with van der Waals surface area (Å²) >= 11 is 0. The zero-order valence-electron chi connectivity index (χ0n) is 11.0. The van der Waals surface area contributed by atoms with Crippen LogP contribution < -0.4 is 5.73 Å². The summed E-state index contributed by atoms with van der Waals surface area (Å²) in [6.45, 7) is 1.88. The number of nitrogens with two attached hydrogens (primary N) is 1. The SMILES string of the molecule is CC(N)c1nc2cccc(S(C)(=O)=O)c2n1C1CC1. The molecular formula is C13H17N3O2S. The molecule has 0 bridgehead atoms. The maximum Gasteiger partial charge on any atom is 0.177 e. The molecule has 19 heavy (non-hydrogen) atoms. The Morgan fingerprint density at radius 1 is 1.42 bits per heavy atom. The van der Waals surface area contributed by atoms with E-state index in [1.54, 1.807) is 12.1 Å². The van der Waals surface area contributed by atoms with Gasteiger partial charge in [0.2, 0.25) is 0 Å². The Kier molecular flexibility index (Phi) is 2.69. The van der Waals surface area contributed by atoms with Crippen molar-refractivity contribution in [2.75, 3.05) is 6.26 Å². The lowest BCUT2D eigenvalue weighted by Crippen LogP contribution is -2.13. The lowest BCUT2D eigenvalue weighted by Gasteiger charge is -2.11. The number of imidazole rings is 1. The molecular weight excluding hydrogens is 262 g/mol. The number of hydrogen-bond donors (Lipinski definition) is 1. The number of rotatable bonds is 3. The van der Waals surface area contributed by atoms with Gasteiger partial charge >= 0.3 is 0 Å². The van der Waals surface area contributed by atoms with Crippen LogP contribution in [0.4, 0.5) is 0 Å². The number of sulfone groups is 1. The lowest BCUT2D eigenvalue weighted by atomic mass is 10.3. The summed E-state index contributed by atoms with van der Waals surface area (Å²) in [6.07, 6.45) is 3.35. The minimum absolute atomic E-state index is 0.208. The third-order valence-corrected chi connectivity index (χ3v) is 4.55. The van der Waals surface area contributed by atoms with E-state index in [1.807, 2.05) is 17.6 Å². The molecule has 102 valence electrons. The van der Waals surface area contributed by atoms with Crippen molar-refractivity contribution in [2.45, 2.75) is 36.7 Å². The normalized spacial score (nSPS) is 17.8. The van der Waals surface area contributed by atoms with Gasteiger partial charge in [0.05, 0.1) is 22.0 Å². The van der Waals surface area contributed by atoms with Crippen LogP contribution in [0.3, 0.4) is 0 Å². The van der Waals surface area contributed by atoms with E-state index in [0.29, 0.717) is 22.0 Å². The molecule has 1 saturated carbocycles. The number of aromatic nitrogens is 2. The first kappa shape index (κ1) is 12.6. The molecule has 1 aliphatic rings. The van der Waals surface area contributed by atoms with Gasteiger partial charge in [0, 0.05) is 12.3 Å². The molecule has 0 radical (unpaired) electrons. The topological polar surface area (TPSA) is 78.0 Å². The van der Waals surface area contributed by atoms with E-state index in [4.69, 9.17) is 5.73 Å². The summed E-state index contributed by atoms with van der Waals surface area (Å²) in [5.41, 5.74) is 7.39. The van der Waals surface area contributed by atoms with Gasteiger partial charge in [0.25, 0.3) is 0 Å². The Morgan fingerprint density at radius 3 is 2.63 bits per heavy atom. The molecule has 0 saturated heterocycles. The molecule has 3 rings (SSSR count). The summed E-state index contributed by atoms with van der Waals surface area (Å²) in [5.74, 6) is 0.772. The molecule has 2 aromatic rings. The summed E-state index contributed by atoms with van der Waals surface area (Å²) < 4.78 is 25.9. The van der Waals surface area contributed by atoms with Crippen molar-refractivity contribution in [1.29, 1.82) is 0 Å². The van der Waals surface area contributed by atoms with Gasteiger partial charge in [-0.3, -0.25) is 0 Å². The van der Waals surface area contributed by atoms with Crippen molar-refractivity contribution in [2.24, 2.45) is 5.73 Å². The molecule has 2 N–H and O–H groups in total. The summed E-state index contributed by atoms with van der Waals surface area (Å²) in [7, 11) is -3.27. The second-order valence-corrected chi connectivity index (χ2v) is 7.24. The molecule has 6 heteroatoms. The van der Waals surface area contributed by atoms with Crippen molar-refractivity contribution in [3.63, 3.8) is 0 Å². The van der Waals surface area contributed by atoms with Crippen LogP contribution in [0.5, 0.6) is 0 Å². The number of nitrogens with zero attached hydrogens (tertiary/aromatic N) is 2. The Morgan fingerprint density at radius 2 is 2.11 bits per heavy atom. The number of benzene rings is 1. The first-order valence-electron chi connectivity index (χ1n) is 6.36. The highest BCUT2D eigenvalue weighted by atomic mass is 32.2. The zero-order valence-corrected chi connectivity index (χ0v) is 11.8. The van der Waals surface area contributed by atoms with Crippen LogP contribution in [0.2, 0.25) is 0 Å². The molecule has 1 heterocycles. The largest absolute Gasteiger partial charge is 0.322 e. The second kappa shape index (κ2) is 4.05. The van der Waals surface area contributed by atoms with Gasteiger partial charge in [0.15, 0.2) is 9.84 Å². The minimum atomic E-state index is -3.27. The molecule has 1 atom stereocenters. The third kappa shape index (κ3) is 2.04. The van der Waals surface area contributed by atoms with E-state index in [0.717, 1.165) is 18.7 Å². The van der Waals surface area contributed by atoms with E-state index in [2.05, 4.69) is 4.98 Å². The van der Waals surface area contributed by atoms with Crippen LogP contribution >= 0.6 is 0 Å². The summed E-state index contributed by atoms with van der Waals surface area (Å²) in [5, 5.41) is 0. The molecule has 1 unspecified atom stereocenters. The summed E-state index contributed by atoms with van der Waals surface area (Å²) in [4.78, 5) is 4.86. The highest BCUT2D eigenvalue weighted by Crippen LogP contribution is 2.41. The van der Waals surface area contributed by atoms with Gasteiger partial charge in [-0.15, -0.1) is 0 Å². The van der Waals surface area contributed by atoms with E-state index in [-0.39, 0.29) is 6.04 Å². The zero-order chi connectivity index (χ0) is 13.8. The second-order valence-electron chi connectivity index (χ2n) is 5.26. The fourth-order valence-corrected chi connectivity index (χ4v) is 3.34. The Balaban J connectivity index is 2.41. The van der Waals surface area contributed by atoms with E-state index in [9.17, 15) is 8.42 Å². The fraction of sp³-hybridized carbons (Fsp3) is 0.462. The average molecular weight is 279 g/mol. The first-order chi connectivity index (χ1) is 8.89. The van der Waals surface area contributed by atoms with Crippen molar-refractivity contribution in [3.8, 4) is 0 Å². The number of hydrogen-bond acceptors (Lipinski definition) is 4. The van der Waals surface area contributed by atoms with Crippen molar-refractivity contribution in [1.82, 2.24) is 9.55 Å². The predicted molar refractivity (Wildman–Crippen MR) is 73.7 cm³/mol. The highest BCUT2D eigenvalue weighted by Gasteiger charge is 2.31. The molecule has 0 spiro atoms. The molecule has 1 aromatic carbocycles. The van der Waals surface area contributed by atoms with E-state index >= 15 is 0 Å². The number of para-hydroxylation sites is 1. The van der Waals surface area contributed by atoms with E-state index in [1.165, 1.54) is 6.26 Å². The Hall–Kier alpha value is -1.40.